The minimum Gasteiger partial charge on any atom is -0.329 e. The van der Waals surface area contributed by atoms with E-state index in [2.05, 4.69) is 4.72 Å². The normalized spacial score (nSPS) is 23.5. The molecular weight excluding hydrogens is 238 g/mol. The fraction of sp³-hybridized carbons (Fsp3) is 1.00. The fourth-order valence-corrected chi connectivity index (χ4v) is 3.28. The molecule has 15 heavy (non-hydrogen) atoms. The van der Waals surface area contributed by atoms with Gasteiger partial charge in [-0.05, 0) is 12.8 Å². The molecule has 0 saturated carbocycles. The van der Waals surface area contributed by atoms with Crippen molar-refractivity contribution < 1.29 is 8.42 Å². The summed E-state index contributed by atoms with van der Waals surface area (Å²) in [5.74, 6) is 0. The van der Waals surface area contributed by atoms with E-state index in [0.717, 1.165) is 19.3 Å². The molecular formula is C8H20ClN3O2S. The first-order valence-corrected chi connectivity index (χ1v) is 6.52. The summed E-state index contributed by atoms with van der Waals surface area (Å²) >= 11 is 0. The molecule has 1 aliphatic rings. The van der Waals surface area contributed by atoms with Gasteiger partial charge in [-0.2, -0.15) is 12.7 Å². The van der Waals surface area contributed by atoms with Gasteiger partial charge in [0.1, 0.15) is 0 Å². The molecule has 1 fully saturated rings. The van der Waals surface area contributed by atoms with Gasteiger partial charge in [0, 0.05) is 25.7 Å². The first-order chi connectivity index (χ1) is 6.61. The number of piperidine rings is 1. The summed E-state index contributed by atoms with van der Waals surface area (Å²) in [5.41, 5.74) is 5.55. The predicted molar refractivity (Wildman–Crippen MR) is 63.2 cm³/mol. The summed E-state index contributed by atoms with van der Waals surface area (Å²) in [6.45, 7) is 3.21. The van der Waals surface area contributed by atoms with Crippen LogP contribution in [0, 0.1) is 0 Å². The van der Waals surface area contributed by atoms with Gasteiger partial charge in [-0.15, -0.1) is 12.4 Å². The number of nitrogens with two attached hydrogens (primary N) is 1. The van der Waals surface area contributed by atoms with E-state index in [4.69, 9.17) is 5.73 Å². The highest BCUT2D eigenvalue weighted by molar-refractivity contribution is 7.87. The van der Waals surface area contributed by atoms with E-state index < -0.39 is 10.2 Å². The average Bonchev–Trinajstić information content (AvgIpc) is 2.18. The minimum atomic E-state index is -3.29. The molecule has 92 valence electrons. The summed E-state index contributed by atoms with van der Waals surface area (Å²) in [7, 11) is -3.29. The highest BCUT2D eigenvalue weighted by Crippen LogP contribution is 2.18. The molecule has 1 atom stereocenters. The zero-order valence-electron chi connectivity index (χ0n) is 8.98. The molecule has 5 nitrogen and oxygen atoms in total. The Morgan fingerprint density at radius 3 is 2.67 bits per heavy atom. The van der Waals surface area contributed by atoms with Gasteiger partial charge >= 0.3 is 0 Å². The van der Waals surface area contributed by atoms with E-state index >= 15 is 0 Å². The first kappa shape index (κ1) is 15.1. The molecule has 0 aromatic rings. The second kappa shape index (κ2) is 6.65. The molecule has 0 bridgehead atoms. The van der Waals surface area contributed by atoms with Gasteiger partial charge in [-0.25, -0.2) is 4.72 Å². The molecule has 0 spiro atoms. The third kappa shape index (κ3) is 3.88. The SMILES string of the molecule is CCNS(=O)(=O)N1CCCCC1CN.Cl. The molecule has 0 aromatic carbocycles. The lowest BCUT2D eigenvalue weighted by atomic mass is 10.1. The standard InChI is InChI=1S/C8H19N3O2S.ClH/c1-2-10-14(12,13)11-6-4-3-5-8(11)7-9;/h8,10H,2-7,9H2,1H3;1H. The molecule has 1 unspecified atom stereocenters. The number of nitrogens with zero attached hydrogens (tertiary/aromatic N) is 1. The van der Waals surface area contributed by atoms with E-state index in [1.807, 2.05) is 0 Å². The Bertz CT molecular complexity index is 271. The molecule has 3 N–H and O–H groups in total. The smallest absolute Gasteiger partial charge is 0.279 e. The van der Waals surface area contributed by atoms with E-state index in [1.165, 1.54) is 4.31 Å². The van der Waals surface area contributed by atoms with Crippen LogP contribution in [0.15, 0.2) is 0 Å². The Morgan fingerprint density at radius 2 is 2.13 bits per heavy atom. The Kier molecular flexibility index (Phi) is 6.70. The van der Waals surface area contributed by atoms with Crippen molar-refractivity contribution in [2.45, 2.75) is 32.2 Å². The molecule has 1 aliphatic heterocycles. The van der Waals surface area contributed by atoms with Crippen molar-refractivity contribution in [2.75, 3.05) is 19.6 Å². The molecule has 0 aromatic heterocycles. The van der Waals surface area contributed by atoms with Gasteiger partial charge in [0.25, 0.3) is 10.2 Å². The van der Waals surface area contributed by atoms with Crippen LogP contribution in [0.3, 0.4) is 0 Å². The lowest BCUT2D eigenvalue weighted by Gasteiger charge is -2.33. The van der Waals surface area contributed by atoms with Crippen LogP contribution in [-0.4, -0.2) is 38.4 Å². The topological polar surface area (TPSA) is 75.4 Å². The summed E-state index contributed by atoms with van der Waals surface area (Å²) in [6.07, 6.45) is 2.88. The highest BCUT2D eigenvalue weighted by atomic mass is 35.5. The van der Waals surface area contributed by atoms with Gasteiger partial charge in [-0.3, -0.25) is 0 Å². The predicted octanol–water partition coefficient (Wildman–Crippen LogP) is 0.0757. The Balaban J connectivity index is 0.00000196. The van der Waals surface area contributed by atoms with Crippen LogP contribution in [0.25, 0.3) is 0 Å². The second-order valence-corrected chi connectivity index (χ2v) is 5.21. The van der Waals surface area contributed by atoms with Gasteiger partial charge in [0.05, 0.1) is 0 Å². The molecule has 0 radical (unpaired) electrons. The zero-order valence-corrected chi connectivity index (χ0v) is 10.6. The summed E-state index contributed by atoms with van der Waals surface area (Å²) < 4.78 is 27.4. The minimum absolute atomic E-state index is 0. The van der Waals surface area contributed by atoms with Crippen molar-refractivity contribution in [3.63, 3.8) is 0 Å². The van der Waals surface area contributed by atoms with Crippen molar-refractivity contribution in [3.8, 4) is 0 Å². The van der Waals surface area contributed by atoms with Gasteiger partial charge in [-0.1, -0.05) is 13.3 Å². The summed E-state index contributed by atoms with van der Waals surface area (Å²) in [6, 6.07) is -0.0206. The highest BCUT2D eigenvalue weighted by Gasteiger charge is 2.30. The van der Waals surface area contributed by atoms with Crippen LogP contribution in [-0.2, 0) is 10.2 Å². The monoisotopic (exact) mass is 257 g/mol. The van der Waals surface area contributed by atoms with Crippen LogP contribution in [0.1, 0.15) is 26.2 Å². The molecule has 0 aliphatic carbocycles. The Labute approximate surface area is 98.0 Å². The van der Waals surface area contributed by atoms with E-state index in [0.29, 0.717) is 19.6 Å². The van der Waals surface area contributed by atoms with E-state index in [1.54, 1.807) is 6.92 Å². The average molecular weight is 258 g/mol. The van der Waals surface area contributed by atoms with Crippen LogP contribution >= 0.6 is 12.4 Å². The van der Waals surface area contributed by atoms with Crippen LogP contribution in [0.4, 0.5) is 0 Å². The van der Waals surface area contributed by atoms with Crippen molar-refractivity contribution in [1.29, 1.82) is 0 Å². The maximum Gasteiger partial charge on any atom is 0.279 e. The third-order valence-corrected chi connectivity index (χ3v) is 4.23. The molecule has 1 saturated heterocycles. The van der Waals surface area contributed by atoms with Crippen LogP contribution in [0.2, 0.25) is 0 Å². The van der Waals surface area contributed by atoms with E-state index in [-0.39, 0.29) is 18.4 Å². The lowest BCUT2D eigenvalue weighted by molar-refractivity contribution is 0.255. The first-order valence-electron chi connectivity index (χ1n) is 5.08. The molecule has 1 rings (SSSR count). The third-order valence-electron chi connectivity index (χ3n) is 2.48. The van der Waals surface area contributed by atoms with Crippen molar-refractivity contribution >= 4 is 22.6 Å². The molecule has 1 heterocycles. The van der Waals surface area contributed by atoms with Gasteiger partial charge in [0.15, 0.2) is 0 Å². The number of hydrogen-bond acceptors (Lipinski definition) is 3. The summed E-state index contributed by atoms with van der Waals surface area (Å²) in [5, 5.41) is 0. The quantitative estimate of drug-likeness (QED) is 0.749. The van der Waals surface area contributed by atoms with Gasteiger partial charge in [0.2, 0.25) is 0 Å². The number of rotatable bonds is 4. The lowest BCUT2D eigenvalue weighted by Crippen LogP contribution is -2.51. The van der Waals surface area contributed by atoms with Crippen LogP contribution < -0.4 is 10.5 Å². The Morgan fingerprint density at radius 1 is 1.47 bits per heavy atom. The summed E-state index contributed by atoms with van der Waals surface area (Å²) in [4.78, 5) is 0. The van der Waals surface area contributed by atoms with Crippen molar-refractivity contribution in [3.05, 3.63) is 0 Å². The molecule has 0 amide bonds. The fourth-order valence-electron chi connectivity index (χ4n) is 1.79. The van der Waals surface area contributed by atoms with E-state index in [9.17, 15) is 8.42 Å². The van der Waals surface area contributed by atoms with Crippen LogP contribution in [0.5, 0.6) is 0 Å². The second-order valence-electron chi connectivity index (χ2n) is 3.50. The van der Waals surface area contributed by atoms with Gasteiger partial charge < -0.3 is 5.73 Å². The largest absolute Gasteiger partial charge is 0.329 e. The zero-order chi connectivity index (χ0) is 10.6. The molecule has 7 heteroatoms. The number of hydrogen-bond donors (Lipinski definition) is 2. The number of halogens is 1. The maximum absolute atomic E-state index is 11.7. The number of nitrogens with one attached hydrogen (secondary N) is 1. The van der Waals surface area contributed by atoms with Crippen molar-refractivity contribution in [1.82, 2.24) is 9.03 Å². The van der Waals surface area contributed by atoms with Crippen molar-refractivity contribution in [2.24, 2.45) is 5.73 Å². The Hall–Kier alpha value is 0.120. The maximum atomic E-state index is 11.7.